The average Bonchev–Trinajstić information content (AvgIpc) is 2.78. The SMILES string of the molecule is CCOc1ccccc1OCC(=O)N1CCN(S(=O)(=O)c2ccccc2[N+](=O)[O-])CC1. The van der Waals surface area contributed by atoms with Gasteiger partial charge in [0.2, 0.25) is 10.0 Å². The van der Waals surface area contributed by atoms with Crippen molar-refractivity contribution in [2.45, 2.75) is 11.8 Å². The van der Waals surface area contributed by atoms with E-state index in [4.69, 9.17) is 9.47 Å². The zero-order chi connectivity index (χ0) is 22.4. The van der Waals surface area contributed by atoms with Gasteiger partial charge in [-0.05, 0) is 25.1 Å². The van der Waals surface area contributed by atoms with E-state index in [0.717, 1.165) is 10.4 Å². The summed E-state index contributed by atoms with van der Waals surface area (Å²) in [6.45, 7) is 2.50. The highest BCUT2D eigenvalue weighted by Crippen LogP contribution is 2.28. The molecule has 1 amide bonds. The Labute approximate surface area is 180 Å². The van der Waals surface area contributed by atoms with E-state index in [9.17, 15) is 23.3 Å². The van der Waals surface area contributed by atoms with Crippen molar-refractivity contribution in [2.24, 2.45) is 0 Å². The van der Waals surface area contributed by atoms with Gasteiger partial charge in [0.15, 0.2) is 23.0 Å². The number of nitro benzene ring substituents is 1. The van der Waals surface area contributed by atoms with Gasteiger partial charge in [0.25, 0.3) is 11.6 Å². The molecule has 0 spiro atoms. The molecule has 10 nitrogen and oxygen atoms in total. The van der Waals surface area contributed by atoms with Crippen molar-refractivity contribution in [1.29, 1.82) is 0 Å². The Balaban J connectivity index is 1.61. The first kappa shape index (κ1) is 22.5. The Morgan fingerprint density at radius 3 is 2.19 bits per heavy atom. The fraction of sp³-hybridized carbons (Fsp3) is 0.350. The second kappa shape index (κ2) is 9.75. The molecule has 0 unspecified atom stereocenters. The van der Waals surface area contributed by atoms with Gasteiger partial charge < -0.3 is 14.4 Å². The molecule has 2 aromatic carbocycles. The molecule has 11 heteroatoms. The van der Waals surface area contributed by atoms with E-state index < -0.39 is 20.6 Å². The van der Waals surface area contributed by atoms with Gasteiger partial charge in [-0.2, -0.15) is 4.31 Å². The van der Waals surface area contributed by atoms with Crippen molar-refractivity contribution in [3.63, 3.8) is 0 Å². The standard InChI is InChI=1S/C20H23N3O7S/c1-2-29-17-8-4-5-9-18(17)30-15-20(24)21-11-13-22(14-12-21)31(27,28)19-10-6-3-7-16(19)23(25)26/h3-10H,2,11-15H2,1H3. The molecule has 166 valence electrons. The van der Waals surface area contributed by atoms with Crippen LogP contribution < -0.4 is 9.47 Å². The lowest BCUT2D eigenvalue weighted by molar-refractivity contribution is -0.387. The number of nitro groups is 1. The van der Waals surface area contributed by atoms with Crippen LogP contribution in [-0.4, -0.2) is 67.8 Å². The summed E-state index contributed by atoms with van der Waals surface area (Å²) in [5.41, 5.74) is -0.470. The zero-order valence-electron chi connectivity index (χ0n) is 17.0. The first-order chi connectivity index (χ1) is 14.8. The number of carbonyl (C=O) groups excluding carboxylic acids is 1. The molecular weight excluding hydrogens is 426 g/mol. The third-order valence-electron chi connectivity index (χ3n) is 4.77. The Kier molecular flexibility index (Phi) is 7.08. The normalized spacial score (nSPS) is 14.8. The van der Waals surface area contributed by atoms with Crippen LogP contribution in [0.15, 0.2) is 53.4 Å². The van der Waals surface area contributed by atoms with Crippen molar-refractivity contribution in [3.05, 3.63) is 58.6 Å². The maximum atomic E-state index is 12.9. The molecule has 0 aromatic heterocycles. The highest BCUT2D eigenvalue weighted by molar-refractivity contribution is 7.89. The van der Waals surface area contributed by atoms with Gasteiger partial charge in [0.05, 0.1) is 11.5 Å². The Hall–Kier alpha value is -3.18. The highest BCUT2D eigenvalue weighted by atomic mass is 32.2. The smallest absolute Gasteiger partial charge is 0.289 e. The van der Waals surface area contributed by atoms with Gasteiger partial charge in [-0.1, -0.05) is 24.3 Å². The molecule has 0 saturated carbocycles. The number of carbonyl (C=O) groups is 1. The second-order valence-electron chi connectivity index (χ2n) is 6.68. The molecule has 1 saturated heterocycles. The largest absolute Gasteiger partial charge is 0.490 e. The number of hydrogen-bond donors (Lipinski definition) is 0. The van der Waals surface area contributed by atoms with E-state index in [1.165, 1.54) is 23.1 Å². The van der Waals surface area contributed by atoms with Crippen LogP contribution in [0.4, 0.5) is 5.69 Å². The molecule has 0 atom stereocenters. The summed E-state index contributed by atoms with van der Waals surface area (Å²) in [6, 6.07) is 12.3. The summed E-state index contributed by atoms with van der Waals surface area (Å²) in [5, 5.41) is 11.2. The van der Waals surface area contributed by atoms with Crippen molar-refractivity contribution >= 4 is 21.6 Å². The van der Waals surface area contributed by atoms with Crippen LogP contribution in [0, 0.1) is 10.1 Å². The molecule has 1 aliphatic rings. The van der Waals surface area contributed by atoms with E-state index in [1.54, 1.807) is 24.3 Å². The van der Waals surface area contributed by atoms with E-state index in [1.807, 2.05) is 6.92 Å². The third kappa shape index (κ3) is 5.12. The lowest BCUT2D eigenvalue weighted by Crippen LogP contribution is -2.51. The van der Waals surface area contributed by atoms with Crippen molar-refractivity contribution in [1.82, 2.24) is 9.21 Å². The predicted molar refractivity (Wildman–Crippen MR) is 112 cm³/mol. The highest BCUT2D eigenvalue weighted by Gasteiger charge is 2.34. The Bertz CT molecular complexity index is 1050. The van der Waals surface area contributed by atoms with Crippen LogP contribution in [0.3, 0.4) is 0 Å². The van der Waals surface area contributed by atoms with Crippen LogP contribution in [0.25, 0.3) is 0 Å². The minimum Gasteiger partial charge on any atom is -0.490 e. The number of sulfonamides is 1. The summed E-state index contributed by atoms with van der Waals surface area (Å²) < 4.78 is 38.0. The number of rotatable bonds is 8. The number of ether oxygens (including phenoxy) is 2. The third-order valence-corrected chi connectivity index (χ3v) is 6.72. The summed E-state index contributed by atoms with van der Waals surface area (Å²) in [4.78, 5) is 24.1. The lowest BCUT2D eigenvalue weighted by atomic mass is 10.3. The van der Waals surface area contributed by atoms with Crippen LogP contribution >= 0.6 is 0 Å². The molecule has 1 aliphatic heterocycles. The summed E-state index contributed by atoms with van der Waals surface area (Å²) in [7, 11) is -4.05. The Morgan fingerprint density at radius 1 is 1.00 bits per heavy atom. The molecule has 0 aliphatic carbocycles. The minimum absolute atomic E-state index is 0.0374. The van der Waals surface area contributed by atoms with Gasteiger partial charge in [-0.25, -0.2) is 8.42 Å². The van der Waals surface area contributed by atoms with E-state index >= 15 is 0 Å². The van der Waals surface area contributed by atoms with Crippen LogP contribution in [0.5, 0.6) is 11.5 Å². The number of benzene rings is 2. The zero-order valence-corrected chi connectivity index (χ0v) is 17.8. The minimum atomic E-state index is -4.05. The monoisotopic (exact) mass is 449 g/mol. The van der Waals surface area contributed by atoms with Gasteiger partial charge in [-0.3, -0.25) is 14.9 Å². The van der Waals surface area contributed by atoms with Crippen molar-refractivity contribution in [3.8, 4) is 11.5 Å². The molecule has 1 heterocycles. The molecule has 1 fully saturated rings. The average molecular weight is 449 g/mol. The van der Waals surface area contributed by atoms with E-state index in [2.05, 4.69) is 0 Å². The molecule has 31 heavy (non-hydrogen) atoms. The molecule has 3 rings (SSSR count). The first-order valence-electron chi connectivity index (χ1n) is 9.70. The molecule has 2 aromatic rings. The quantitative estimate of drug-likeness (QED) is 0.446. The van der Waals surface area contributed by atoms with Gasteiger partial charge in [0, 0.05) is 32.2 Å². The summed E-state index contributed by atoms with van der Waals surface area (Å²) >= 11 is 0. The van der Waals surface area contributed by atoms with Gasteiger partial charge >= 0.3 is 0 Å². The van der Waals surface area contributed by atoms with Gasteiger partial charge in [0.1, 0.15) is 0 Å². The Morgan fingerprint density at radius 2 is 1.58 bits per heavy atom. The van der Waals surface area contributed by atoms with Crippen LogP contribution in [0.2, 0.25) is 0 Å². The maximum Gasteiger partial charge on any atom is 0.289 e. The number of nitrogens with zero attached hydrogens (tertiary/aromatic N) is 3. The number of amides is 1. The molecule has 0 N–H and O–H groups in total. The molecular formula is C20H23N3O7S. The van der Waals surface area contributed by atoms with Crippen LogP contribution in [0.1, 0.15) is 6.92 Å². The van der Waals surface area contributed by atoms with Crippen LogP contribution in [-0.2, 0) is 14.8 Å². The number of para-hydroxylation sites is 3. The van der Waals surface area contributed by atoms with E-state index in [-0.39, 0.29) is 43.6 Å². The maximum absolute atomic E-state index is 12.9. The number of hydrogen-bond acceptors (Lipinski definition) is 7. The second-order valence-corrected chi connectivity index (χ2v) is 8.58. The fourth-order valence-corrected chi connectivity index (χ4v) is 4.80. The first-order valence-corrected chi connectivity index (χ1v) is 11.1. The number of piperazine rings is 1. The molecule has 0 bridgehead atoms. The lowest BCUT2D eigenvalue weighted by Gasteiger charge is -2.33. The predicted octanol–water partition coefficient (Wildman–Crippen LogP) is 1.91. The summed E-state index contributed by atoms with van der Waals surface area (Å²) in [5.74, 6) is 0.711. The summed E-state index contributed by atoms with van der Waals surface area (Å²) in [6.07, 6.45) is 0. The van der Waals surface area contributed by atoms with E-state index in [0.29, 0.717) is 18.1 Å². The van der Waals surface area contributed by atoms with Crippen molar-refractivity contribution < 1.29 is 27.6 Å². The van der Waals surface area contributed by atoms with Crippen molar-refractivity contribution in [2.75, 3.05) is 39.4 Å². The fourth-order valence-electron chi connectivity index (χ4n) is 3.22. The topological polar surface area (TPSA) is 119 Å². The van der Waals surface area contributed by atoms with Gasteiger partial charge in [-0.15, -0.1) is 0 Å². The molecule has 0 radical (unpaired) electrons.